The summed E-state index contributed by atoms with van der Waals surface area (Å²) in [5.74, 6) is -1.48. The quantitative estimate of drug-likeness (QED) is 0.123. The Bertz CT molecular complexity index is 2720. The summed E-state index contributed by atoms with van der Waals surface area (Å²) in [7, 11) is -2.34. The highest BCUT2D eigenvalue weighted by Gasteiger charge is 2.62. The standard InChI is InChI=1S/C50H60N6O10S2/c1-6-33-24-50(33,46(59)55-68(61,62)35-18-19-35)54-43(57)38-25-49(4)28-56(38)45(58)42(30-13-10-11-14-30)53-47(60)65-29-48(2,3)20-12-17-32-21-36-37(22-39(32)63-5)52-41(23-40(36)66-49)64-26-34-27-67-44(51-34)31-15-8-7-9-16-31/h6-9,15-16,21-23,27,30,33,35,38,42H,1,10-14,17-20,24-26,28-29H2,2-5H3,(H,53,60)(H,54,57)(H,55,59)/t33-,38-,42-,49+,50-/m0/s1. The van der Waals surface area contributed by atoms with Gasteiger partial charge in [-0.1, -0.05) is 63.1 Å². The summed E-state index contributed by atoms with van der Waals surface area (Å²) in [5, 5.41) is 8.60. The van der Waals surface area contributed by atoms with Crippen molar-refractivity contribution in [3.8, 4) is 28.0 Å². The predicted molar refractivity (Wildman–Crippen MR) is 256 cm³/mol. The number of fused-ring (bicyclic) bond motifs is 3. The molecule has 4 aromatic rings. The van der Waals surface area contributed by atoms with Crippen LogP contribution in [-0.4, -0.2) is 95.8 Å². The average Bonchev–Trinajstić information content (AvgIpc) is 4.11. The third kappa shape index (κ3) is 10.0. The van der Waals surface area contributed by atoms with Crippen LogP contribution in [-0.2, 0) is 42.2 Å². The second-order valence-corrected chi connectivity index (χ2v) is 22.9. The summed E-state index contributed by atoms with van der Waals surface area (Å²) in [6.45, 7) is 9.87. The number of cyclic esters (lactones) is 1. The van der Waals surface area contributed by atoms with Crippen molar-refractivity contribution in [3.05, 3.63) is 77.8 Å². The molecule has 4 bridgehead atoms. The smallest absolute Gasteiger partial charge is 0.407 e. The van der Waals surface area contributed by atoms with E-state index in [0.29, 0.717) is 66.6 Å². The number of aryl methyl sites for hydroxylation is 1. The highest BCUT2D eigenvalue weighted by molar-refractivity contribution is 7.91. The summed E-state index contributed by atoms with van der Waals surface area (Å²) in [4.78, 5) is 68.7. The van der Waals surface area contributed by atoms with Crippen LogP contribution >= 0.6 is 11.3 Å². The van der Waals surface area contributed by atoms with Gasteiger partial charge in [0.15, 0.2) is 0 Å². The molecule has 2 aromatic heterocycles. The van der Waals surface area contributed by atoms with Gasteiger partial charge in [0.2, 0.25) is 27.7 Å². The number of rotatable bonds is 12. The van der Waals surface area contributed by atoms with E-state index in [1.165, 1.54) is 22.3 Å². The first-order valence-corrected chi connectivity index (χ1v) is 26.0. The van der Waals surface area contributed by atoms with Gasteiger partial charge in [0.25, 0.3) is 5.91 Å². The van der Waals surface area contributed by atoms with Crippen LogP contribution in [0.25, 0.3) is 21.5 Å². The number of pyridine rings is 1. The van der Waals surface area contributed by atoms with Crippen molar-refractivity contribution in [1.29, 1.82) is 0 Å². The van der Waals surface area contributed by atoms with Gasteiger partial charge in [0, 0.05) is 40.8 Å². The molecule has 3 N–H and O–H groups in total. The number of alkyl carbamates (subject to hydrolysis) is 1. The molecular formula is C50H60N6O10S2. The zero-order valence-electron chi connectivity index (χ0n) is 39.0. The molecule has 2 aromatic carbocycles. The van der Waals surface area contributed by atoms with Crippen LogP contribution in [0.15, 0.2) is 66.6 Å². The third-order valence-corrected chi connectivity index (χ3v) is 16.9. The fraction of sp³-hybridized carbons (Fsp3) is 0.520. The van der Waals surface area contributed by atoms with Crippen molar-refractivity contribution < 1.29 is 46.5 Å². The Balaban J connectivity index is 1.09. The average molecular weight is 969 g/mol. The van der Waals surface area contributed by atoms with Crippen molar-refractivity contribution >= 4 is 56.1 Å². The van der Waals surface area contributed by atoms with Gasteiger partial charge >= 0.3 is 6.09 Å². The molecule has 5 aliphatic rings. The van der Waals surface area contributed by atoms with E-state index in [1.54, 1.807) is 13.2 Å². The second kappa shape index (κ2) is 18.6. The molecule has 0 unspecified atom stereocenters. The van der Waals surface area contributed by atoms with E-state index in [4.69, 9.17) is 28.9 Å². The lowest BCUT2D eigenvalue weighted by Crippen LogP contribution is -2.59. The Morgan fingerprint density at radius 3 is 2.50 bits per heavy atom. The van der Waals surface area contributed by atoms with Crippen LogP contribution in [0.4, 0.5) is 4.79 Å². The van der Waals surface area contributed by atoms with Crippen LogP contribution in [0.3, 0.4) is 0 Å². The Hall–Kier alpha value is -5.75. The van der Waals surface area contributed by atoms with Crippen LogP contribution in [0.1, 0.15) is 96.2 Å². The summed E-state index contributed by atoms with van der Waals surface area (Å²) in [6, 6.07) is 13.2. The molecule has 0 spiro atoms. The van der Waals surface area contributed by atoms with Crippen molar-refractivity contribution in [3.63, 3.8) is 0 Å². The molecule has 3 aliphatic carbocycles. The molecule has 4 heterocycles. The van der Waals surface area contributed by atoms with E-state index < -0.39 is 73.6 Å². The van der Waals surface area contributed by atoms with E-state index in [2.05, 4.69) is 21.9 Å². The number of nitrogens with one attached hydrogen (secondary N) is 3. The molecule has 2 aliphatic heterocycles. The van der Waals surface area contributed by atoms with Gasteiger partial charge in [0.1, 0.15) is 46.3 Å². The minimum atomic E-state index is -3.95. The van der Waals surface area contributed by atoms with Gasteiger partial charge in [-0.05, 0) is 81.3 Å². The van der Waals surface area contributed by atoms with Crippen molar-refractivity contribution in [2.75, 3.05) is 20.3 Å². The van der Waals surface area contributed by atoms with E-state index >= 15 is 4.79 Å². The van der Waals surface area contributed by atoms with Crippen LogP contribution in [0, 0.1) is 17.3 Å². The largest absolute Gasteiger partial charge is 0.496 e. The first-order chi connectivity index (χ1) is 32.5. The molecule has 9 rings (SSSR count). The summed E-state index contributed by atoms with van der Waals surface area (Å²) in [6.07, 6.45) is 7.00. The van der Waals surface area contributed by atoms with Gasteiger partial charge in [-0.25, -0.2) is 23.2 Å². The van der Waals surface area contributed by atoms with Crippen molar-refractivity contribution in [2.45, 2.75) is 126 Å². The highest BCUT2D eigenvalue weighted by atomic mass is 32.2. The molecule has 3 saturated carbocycles. The van der Waals surface area contributed by atoms with E-state index in [0.717, 1.165) is 35.4 Å². The summed E-state index contributed by atoms with van der Waals surface area (Å²) < 4.78 is 53.3. The zero-order chi connectivity index (χ0) is 48.0. The lowest BCUT2D eigenvalue weighted by Gasteiger charge is -2.33. The molecule has 4 amide bonds. The maximum atomic E-state index is 15.2. The number of amides is 4. The van der Waals surface area contributed by atoms with E-state index in [9.17, 15) is 22.8 Å². The van der Waals surface area contributed by atoms with Gasteiger partial charge < -0.3 is 34.5 Å². The number of carbonyl (C=O) groups is 4. The fourth-order valence-electron chi connectivity index (χ4n) is 10.0. The van der Waals surface area contributed by atoms with Crippen LogP contribution in [0.2, 0.25) is 0 Å². The lowest BCUT2D eigenvalue weighted by molar-refractivity contribution is -0.142. The fourth-order valence-corrected chi connectivity index (χ4v) is 12.2. The molecule has 4 fully saturated rings. The highest BCUT2D eigenvalue weighted by Crippen LogP contribution is 2.47. The number of hydrogen-bond acceptors (Lipinski definition) is 13. The van der Waals surface area contributed by atoms with Crippen molar-refractivity contribution in [1.82, 2.24) is 30.2 Å². The maximum Gasteiger partial charge on any atom is 0.407 e. The number of thiazole rings is 1. The second-order valence-electron chi connectivity index (χ2n) is 20.1. The number of methoxy groups -OCH3 is 1. The van der Waals surface area contributed by atoms with Crippen LogP contribution in [0.5, 0.6) is 17.4 Å². The topological polar surface area (TPSA) is 204 Å². The molecule has 5 atom stereocenters. The Morgan fingerprint density at radius 1 is 1.03 bits per heavy atom. The normalized spacial score (nSPS) is 26.5. The van der Waals surface area contributed by atoms with Gasteiger partial charge in [-0.15, -0.1) is 17.9 Å². The number of sulfonamides is 1. The molecule has 18 heteroatoms. The predicted octanol–water partition coefficient (Wildman–Crippen LogP) is 7.00. The molecule has 68 heavy (non-hydrogen) atoms. The molecule has 362 valence electrons. The van der Waals surface area contributed by atoms with Gasteiger partial charge in [-0.3, -0.25) is 19.1 Å². The summed E-state index contributed by atoms with van der Waals surface area (Å²) >= 11 is 1.51. The molecule has 16 nitrogen and oxygen atoms in total. The Labute approximate surface area is 401 Å². The number of aromatic nitrogens is 2. The van der Waals surface area contributed by atoms with Crippen molar-refractivity contribution in [2.24, 2.45) is 17.3 Å². The first-order valence-electron chi connectivity index (χ1n) is 23.6. The summed E-state index contributed by atoms with van der Waals surface area (Å²) in [5.41, 5.74) is -0.0738. The van der Waals surface area contributed by atoms with E-state index in [1.807, 2.05) is 68.6 Å². The molecule has 1 saturated heterocycles. The minimum Gasteiger partial charge on any atom is -0.496 e. The monoisotopic (exact) mass is 968 g/mol. The number of hydrogen-bond donors (Lipinski definition) is 3. The third-order valence-electron chi connectivity index (χ3n) is 14.1. The lowest BCUT2D eigenvalue weighted by atomic mass is 9.87. The van der Waals surface area contributed by atoms with Crippen LogP contribution < -0.4 is 29.6 Å². The number of benzene rings is 2. The minimum absolute atomic E-state index is 0.0263. The Morgan fingerprint density at radius 2 is 1.79 bits per heavy atom. The molecule has 0 radical (unpaired) electrons. The maximum absolute atomic E-state index is 15.2. The van der Waals surface area contributed by atoms with Gasteiger partial charge in [-0.2, -0.15) is 0 Å². The first kappa shape index (κ1) is 47.3. The Kier molecular flexibility index (Phi) is 13.0. The zero-order valence-corrected chi connectivity index (χ0v) is 40.6. The number of carbonyl (C=O) groups excluding carboxylic acids is 4. The number of ether oxygens (including phenoxy) is 4. The van der Waals surface area contributed by atoms with E-state index in [-0.39, 0.29) is 44.4 Å². The molecular weight excluding hydrogens is 909 g/mol. The SMILES string of the molecule is C=C[C@H]1C[C@@]1(NC(=O)[C@@H]1C[C@]2(C)CN1C(=O)[C@H](C1CCCC1)NC(=O)OCC(C)(C)CCCc1cc3c(cc(OCc4csc(-c5ccccc5)n4)nc3cc1OC)O2)C(=O)NS(=O)(=O)C1CC1. The van der Waals surface area contributed by atoms with Gasteiger partial charge in [0.05, 0.1) is 36.7 Å². The number of nitrogens with zero attached hydrogens (tertiary/aromatic N) is 3.